The number of aromatic nitrogens is 1. The van der Waals surface area contributed by atoms with Gasteiger partial charge in [0.1, 0.15) is 17.1 Å². The van der Waals surface area contributed by atoms with Crippen molar-refractivity contribution >= 4 is 17.7 Å². The van der Waals surface area contributed by atoms with Gasteiger partial charge in [0.25, 0.3) is 0 Å². The van der Waals surface area contributed by atoms with Gasteiger partial charge in [-0.2, -0.15) is 13.2 Å². The monoisotopic (exact) mass is 317 g/mol. The second-order valence-corrected chi connectivity index (χ2v) is 4.89. The van der Waals surface area contributed by atoms with Crippen molar-refractivity contribution in [3.63, 3.8) is 0 Å². The Bertz CT molecular complexity index is 604. The number of ether oxygens (including phenoxy) is 1. The molecule has 1 aromatic rings. The van der Waals surface area contributed by atoms with Crippen LogP contribution in [0.2, 0.25) is 0 Å². The van der Waals surface area contributed by atoms with Crippen LogP contribution >= 0.6 is 0 Å². The molecule has 0 unspecified atom stereocenters. The van der Waals surface area contributed by atoms with E-state index in [9.17, 15) is 22.8 Å². The van der Waals surface area contributed by atoms with E-state index >= 15 is 0 Å². The molecule has 0 aromatic carbocycles. The maximum Gasteiger partial charge on any atom is 0.433 e. The van der Waals surface area contributed by atoms with Gasteiger partial charge in [-0.15, -0.1) is 0 Å². The van der Waals surface area contributed by atoms with E-state index in [0.717, 1.165) is 19.2 Å². The number of hydrogen-bond donors (Lipinski definition) is 1. The fourth-order valence-corrected chi connectivity index (χ4v) is 2.30. The number of nitrogens with zero attached hydrogens (tertiary/aromatic N) is 2. The van der Waals surface area contributed by atoms with Crippen molar-refractivity contribution in [3.05, 3.63) is 23.4 Å². The van der Waals surface area contributed by atoms with E-state index in [1.54, 1.807) is 0 Å². The van der Waals surface area contributed by atoms with Gasteiger partial charge in [0, 0.05) is 13.1 Å². The first-order chi connectivity index (χ1) is 10.2. The Morgan fingerprint density at radius 3 is 2.59 bits per heavy atom. The third-order valence-electron chi connectivity index (χ3n) is 3.46. The number of amides is 1. The smallest absolute Gasteiger partial charge is 0.433 e. The summed E-state index contributed by atoms with van der Waals surface area (Å²) in [6.07, 6.45) is -4.24. The van der Waals surface area contributed by atoms with Crippen LogP contribution in [0.5, 0.6) is 0 Å². The number of pyridine rings is 1. The van der Waals surface area contributed by atoms with E-state index in [1.807, 2.05) is 0 Å². The van der Waals surface area contributed by atoms with Crippen molar-refractivity contribution < 1.29 is 27.5 Å². The van der Waals surface area contributed by atoms with Crippen LogP contribution in [0.25, 0.3) is 0 Å². The largest absolute Gasteiger partial charge is 0.465 e. The molecule has 6 nitrogen and oxygen atoms in total. The molecule has 1 amide bonds. The number of rotatable bonds is 3. The van der Waals surface area contributed by atoms with Gasteiger partial charge in [0.2, 0.25) is 5.91 Å². The molecule has 0 spiro atoms. The lowest BCUT2D eigenvalue weighted by Gasteiger charge is -2.21. The minimum absolute atomic E-state index is 0.0828. The molecule has 2 heterocycles. The lowest BCUT2D eigenvalue weighted by molar-refractivity contribution is -0.141. The molecule has 2 N–H and O–H groups in total. The summed E-state index contributed by atoms with van der Waals surface area (Å²) in [4.78, 5) is 27.9. The van der Waals surface area contributed by atoms with Gasteiger partial charge in [-0.3, -0.25) is 4.79 Å². The molecular formula is C13H14F3N3O3. The number of carbonyl (C=O) groups is 2. The number of anilines is 1. The number of hydrogen-bond acceptors (Lipinski definition) is 5. The first-order valence-corrected chi connectivity index (χ1v) is 6.45. The third-order valence-corrected chi connectivity index (χ3v) is 3.46. The molecule has 22 heavy (non-hydrogen) atoms. The molecule has 2 rings (SSSR count). The summed E-state index contributed by atoms with van der Waals surface area (Å²) >= 11 is 0. The highest BCUT2D eigenvalue weighted by Crippen LogP contribution is 2.32. The van der Waals surface area contributed by atoms with Gasteiger partial charge in [-0.05, 0) is 18.6 Å². The van der Waals surface area contributed by atoms with E-state index < -0.39 is 29.7 Å². The van der Waals surface area contributed by atoms with Crippen LogP contribution < -0.4 is 10.6 Å². The van der Waals surface area contributed by atoms with Gasteiger partial charge >= 0.3 is 12.1 Å². The molecular weight excluding hydrogens is 303 g/mol. The van der Waals surface area contributed by atoms with Crippen molar-refractivity contribution in [2.45, 2.75) is 12.6 Å². The Hall–Kier alpha value is -2.32. The summed E-state index contributed by atoms with van der Waals surface area (Å²) in [6.45, 7) is 0.402. The van der Waals surface area contributed by atoms with Crippen LogP contribution in [0.3, 0.4) is 0 Å². The Balaban J connectivity index is 2.42. The average molecular weight is 317 g/mol. The average Bonchev–Trinajstić information content (AvgIpc) is 2.94. The number of halogens is 3. The quantitative estimate of drug-likeness (QED) is 0.847. The van der Waals surface area contributed by atoms with Crippen LogP contribution in [0.15, 0.2) is 12.1 Å². The predicted octanol–water partition coefficient (Wildman–Crippen LogP) is 1.20. The van der Waals surface area contributed by atoms with E-state index in [2.05, 4.69) is 9.72 Å². The summed E-state index contributed by atoms with van der Waals surface area (Å²) in [5.41, 5.74) is 4.01. The van der Waals surface area contributed by atoms with Crippen LogP contribution in [0, 0.1) is 5.92 Å². The minimum atomic E-state index is -4.63. The number of esters is 1. The highest BCUT2D eigenvalue weighted by Gasteiger charge is 2.36. The standard InChI is InChI=1S/C13H14F3N3O3/c1-22-12(21)8-2-3-9(13(14,15)16)18-11(8)19-5-4-7(6-19)10(17)20/h2-3,7H,4-6H2,1H3,(H2,17,20)/t7-/m1/s1. The second kappa shape index (κ2) is 5.82. The summed E-state index contributed by atoms with van der Waals surface area (Å²) in [6, 6.07) is 1.74. The molecule has 0 radical (unpaired) electrons. The Kier molecular flexibility index (Phi) is 4.25. The Labute approximate surface area is 124 Å². The number of alkyl halides is 3. The number of primary amides is 1. The molecule has 0 saturated carbocycles. The molecule has 1 aliphatic rings. The SMILES string of the molecule is COC(=O)c1ccc(C(F)(F)F)nc1N1CC[C@@H](C(N)=O)C1. The van der Waals surface area contributed by atoms with E-state index in [-0.39, 0.29) is 24.5 Å². The fraction of sp³-hybridized carbons (Fsp3) is 0.462. The van der Waals surface area contributed by atoms with Gasteiger partial charge in [0.05, 0.1) is 13.0 Å². The van der Waals surface area contributed by atoms with E-state index in [1.165, 1.54) is 4.90 Å². The van der Waals surface area contributed by atoms with Crippen molar-refractivity contribution in [1.29, 1.82) is 0 Å². The first kappa shape index (κ1) is 16.1. The van der Waals surface area contributed by atoms with E-state index in [0.29, 0.717) is 6.42 Å². The van der Waals surface area contributed by atoms with Gasteiger partial charge in [-0.25, -0.2) is 9.78 Å². The number of methoxy groups -OCH3 is 1. The lowest BCUT2D eigenvalue weighted by atomic mass is 10.1. The third kappa shape index (κ3) is 3.12. The zero-order chi connectivity index (χ0) is 16.5. The molecule has 9 heteroatoms. The molecule has 1 saturated heterocycles. The second-order valence-electron chi connectivity index (χ2n) is 4.89. The van der Waals surface area contributed by atoms with Gasteiger partial charge in [0.15, 0.2) is 0 Å². The number of carbonyl (C=O) groups excluding carboxylic acids is 2. The lowest BCUT2D eigenvalue weighted by Crippen LogP contribution is -2.29. The normalized spacial score (nSPS) is 18.4. The molecule has 0 bridgehead atoms. The van der Waals surface area contributed by atoms with Crippen molar-refractivity contribution in [2.75, 3.05) is 25.1 Å². The number of nitrogens with two attached hydrogens (primary N) is 1. The molecule has 120 valence electrons. The summed E-state index contributed by atoms with van der Waals surface area (Å²) in [5.74, 6) is -1.96. The van der Waals surface area contributed by atoms with Crippen molar-refractivity contribution in [3.8, 4) is 0 Å². The van der Waals surface area contributed by atoms with Crippen LogP contribution in [-0.2, 0) is 15.7 Å². The Morgan fingerprint density at radius 1 is 1.41 bits per heavy atom. The Morgan fingerprint density at radius 2 is 2.09 bits per heavy atom. The summed E-state index contributed by atoms with van der Waals surface area (Å²) in [7, 11) is 1.12. The zero-order valence-corrected chi connectivity index (χ0v) is 11.7. The van der Waals surface area contributed by atoms with Gasteiger partial charge < -0.3 is 15.4 Å². The predicted molar refractivity (Wildman–Crippen MR) is 70.1 cm³/mol. The minimum Gasteiger partial charge on any atom is -0.465 e. The van der Waals surface area contributed by atoms with Crippen molar-refractivity contribution in [2.24, 2.45) is 11.7 Å². The van der Waals surface area contributed by atoms with Crippen molar-refractivity contribution in [1.82, 2.24) is 4.98 Å². The molecule has 0 aliphatic carbocycles. The zero-order valence-electron chi connectivity index (χ0n) is 11.7. The van der Waals surface area contributed by atoms with Crippen LogP contribution in [0.1, 0.15) is 22.5 Å². The maximum absolute atomic E-state index is 12.8. The molecule has 1 atom stereocenters. The molecule has 1 aromatic heterocycles. The fourth-order valence-electron chi connectivity index (χ4n) is 2.30. The van der Waals surface area contributed by atoms with E-state index in [4.69, 9.17) is 5.73 Å². The molecule has 1 aliphatic heterocycles. The maximum atomic E-state index is 12.8. The summed E-state index contributed by atoms with van der Waals surface area (Å²) < 4.78 is 43.0. The molecule has 1 fully saturated rings. The van der Waals surface area contributed by atoms with Crippen LogP contribution in [-0.4, -0.2) is 37.1 Å². The first-order valence-electron chi connectivity index (χ1n) is 6.45. The van der Waals surface area contributed by atoms with Gasteiger partial charge in [-0.1, -0.05) is 0 Å². The topological polar surface area (TPSA) is 85.5 Å². The summed E-state index contributed by atoms with van der Waals surface area (Å²) in [5, 5.41) is 0. The highest BCUT2D eigenvalue weighted by atomic mass is 19.4. The highest BCUT2D eigenvalue weighted by molar-refractivity contribution is 5.95. The van der Waals surface area contributed by atoms with Crippen LogP contribution in [0.4, 0.5) is 19.0 Å².